The Morgan fingerprint density at radius 3 is 2.55 bits per heavy atom. The maximum atomic E-state index is 9.87. The highest BCUT2D eigenvalue weighted by atomic mass is 16.7. The van der Waals surface area contributed by atoms with Crippen LogP contribution in [0.25, 0.3) is 0 Å². The molecule has 1 heterocycles. The molecule has 112 valence electrons. The van der Waals surface area contributed by atoms with Gasteiger partial charge in [0.25, 0.3) is 0 Å². The molecule has 1 aromatic rings. The minimum atomic E-state index is -1.43. The van der Waals surface area contributed by atoms with E-state index in [-0.39, 0.29) is 0 Å². The Morgan fingerprint density at radius 1 is 1.15 bits per heavy atom. The molecule has 0 radical (unpaired) electrons. The summed E-state index contributed by atoms with van der Waals surface area (Å²) >= 11 is 0. The summed E-state index contributed by atoms with van der Waals surface area (Å²) < 4.78 is 10.8. The van der Waals surface area contributed by atoms with Crippen molar-refractivity contribution in [3.63, 3.8) is 0 Å². The van der Waals surface area contributed by atoms with Gasteiger partial charge in [-0.05, 0) is 24.1 Å². The fraction of sp³-hybridized carbons (Fsp3) is 0.571. The molecule has 0 unspecified atom stereocenters. The molecule has 20 heavy (non-hydrogen) atoms. The van der Waals surface area contributed by atoms with Crippen molar-refractivity contribution < 1.29 is 29.9 Å². The maximum absolute atomic E-state index is 9.87. The van der Waals surface area contributed by atoms with Crippen molar-refractivity contribution in [1.29, 1.82) is 0 Å². The zero-order valence-corrected chi connectivity index (χ0v) is 11.2. The molecular weight excluding hydrogens is 264 g/mol. The van der Waals surface area contributed by atoms with Crippen LogP contribution in [-0.4, -0.2) is 57.7 Å². The normalized spacial score (nSPS) is 34.0. The SMILES string of the molecule is CCc1cccc(O[C@@H]2O[C@@H](CO)[C@@H](O)[C@@H](O)[C@@H]2O)c1. The number of aliphatic hydroxyl groups excluding tert-OH is 4. The molecule has 0 aliphatic carbocycles. The maximum Gasteiger partial charge on any atom is 0.229 e. The van der Waals surface area contributed by atoms with E-state index in [2.05, 4.69) is 0 Å². The molecule has 6 heteroatoms. The van der Waals surface area contributed by atoms with E-state index >= 15 is 0 Å². The van der Waals surface area contributed by atoms with E-state index in [1.54, 1.807) is 12.1 Å². The third-order valence-electron chi connectivity index (χ3n) is 3.41. The van der Waals surface area contributed by atoms with Gasteiger partial charge in [0, 0.05) is 0 Å². The summed E-state index contributed by atoms with van der Waals surface area (Å²) in [5.41, 5.74) is 1.06. The van der Waals surface area contributed by atoms with Crippen LogP contribution in [0.5, 0.6) is 5.75 Å². The van der Waals surface area contributed by atoms with Gasteiger partial charge in [-0.2, -0.15) is 0 Å². The number of rotatable bonds is 4. The summed E-state index contributed by atoms with van der Waals surface area (Å²) in [5, 5.41) is 38.3. The van der Waals surface area contributed by atoms with Gasteiger partial charge < -0.3 is 29.9 Å². The molecule has 5 atom stereocenters. The Kier molecular flexibility index (Phi) is 4.95. The van der Waals surface area contributed by atoms with Crippen LogP contribution in [0.3, 0.4) is 0 Å². The average Bonchev–Trinajstić information content (AvgIpc) is 2.48. The van der Waals surface area contributed by atoms with E-state index in [0.29, 0.717) is 5.75 Å². The standard InChI is InChI=1S/C14H20O6/c1-2-8-4-3-5-9(6-8)19-14-13(18)12(17)11(16)10(7-15)20-14/h3-6,10-18H,2,7H2,1H3/t10-,11+,12+,13-,14+/m0/s1. The van der Waals surface area contributed by atoms with Gasteiger partial charge in [-0.15, -0.1) is 0 Å². The Hall–Kier alpha value is -1.18. The van der Waals surface area contributed by atoms with Gasteiger partial charge in [-0.25, -0.2) is 0 Å². The summed E-state index contributed by atoms with van der Waals surface area (Å²) in [7, 11) is 0. The van der Waals surface area contributed by atoms with Crippen molar-refractivity contribution in [2.45, 2.75) is 44.1 Å². The van der Waals surface area contributed by atoms with Gasteiger partial charge >= 0.3 is 0 Å². The van der Waals surface area contributed by atoms with E-state index in [4.69, 9.17) is 14.6 Å². The molecule has 6 nitrogen and oxygen atoms in total. The van der Waals surface area contributed by atoms with Gasteiger partial charge in [0.1, 0.15) is 30.2 Å². The first-order chi connectivity index (χ1) is 9.56. The summed E-state index contributed by atoms with van der Waals surface area (Å²) in [6.45, 7) is 1.53. The lowest BCUT2D eigenvalue weighted by Crippen LogP contribution is -2.60. The highest BCUT2D eigenvalue weighted by Gasteiger charge is 2.44. The molecule has 0 amide bonds. The predicted octanol–water partition coefficient (Wildman–Crippen LogP) is -0.572. The second kappa shape index (κ2) is 6.51. The first-order valence-corrected chi connectivity index (χ1v) is 6.63. The number of hydrogen-bond donors (Lipinski definition) is 4. The average molecular weight is 284 g/mol. The smallest absolute Gasteiger partial charge is 0.229 e. The van der Waals surface area contributed by atoms with E-state index in [1.165, 1.54) is 0 Å². The van der Waals surface area contributed by atoms with Gasteiger partial charge in [0.05, 0.1) is 6.61 Å². The Balaban J connectivity index is 2.10. The number of ether oxygens (including phenoxy) is 2. The Bertz CT molecular complexity index is 435. The second-order valence-electron chi connectivity index (χ2n) is 4.82. The number of hydrogen-bond acceptors (Lipinski definition) is 6. The van der Waals surface area contributed by atoms with Crippen LogP contribution in [0.1, 0.15) is 12.5 Å². The quantitative estimate of drug-likeness (QED) is 0.591. The first kappa shape index (κ1) is 15.2. The van der Waals surface area contributed by atoms with Gasteiger partial charge in [0.2, 0.25) is 6.29 Å². The lowest BCUT2D eigenvalue weighted by Gasteiger charge is -2.39. The second-order valence-corrected chi connectivity index (χ2v) is 4.82. The van der Waals surface area contributed by atoms with Crippen molar-refractivity contribution in [2.24, 2.45) is 0 Å². The van der Waals surface area contributed by atoms with Crippen molar-refractivity contribution in [1.82, 2.24) is 0 Å². The number of aliphatic hydroxyl groups is 4. The van der Waals surface area contributed by atoms with Crippen molar-refractivity contribution in [2.75, 3.05) is 6.61 Å². The molecule has 1 aliphatic heterocycles. The zero-order valence-electron chi connectivity index (χ0n) is 11.2. The monoisotopic (exact) mass is 284 g/mol. The summed E-state index contributed by atoms with van der Waals surface area (Å²) in [5.74, 6) is 0.494. The van der Waals surface area contributed by atoms with Crippen molar-refractivity contribution >= 4 is 0 Å². The van der Waals surface area contributed by atoms with Crippen molar-refractivity contribution in [3.8, 4) is 5.75 Å². The van der Waals surface area contributed by atoms with Crippen LogP contribution in [0, 0.1) is 0 Å². The fourth-order valence-corrected chi connectivity index (χ4v) is 2.14. The molecule has 4 N–H and O–H groups in total. The van der Waals surface area contributed by atoms with Crippen LogP contribution >= 0.6 is 0 Å². The third-order valence-corrected chi connectivity index (χ3v) is 3.41. The third kappa shape index (κ3) is 3.11. The number of aryl methyl sites for hydroxylation is 1. The molecule has 1 aromatic carbocycles. The lowest BCUT2D eigenvalue weighted by molar-refractivity contribution is -0.277. The van der Waals surface area contributed by atoms with Crippen LogP contribution in [-0.2, 0) is 11.2 Å². The summed E-state index contributed by atoms with van der Waals surface area (Å²) in [4.78, 5) is 0. The Labute approximate surface area is 117 Å². The largest absolute Gasteiger partial charge is 0.462 e. The van der Waals surface area contributed by atoms with Gasteiger partial charge in [0.15, 0.2) is 0 Å². The van der Waals surface area contributed by atoms with E-state index in [0.717, 1.165) is 12.0 Å². The molecule has 0 spiro atoms. The lowest BCUT2D eigenvalue weighted by atomic mass is 9.99. The molecular formula is C14H20O6. The van der Waals surface area contributed by atoms with Crippen LogP contribution in [0.4, 0.5) is 0 Å². The molecule has 1 aliphatic rings. The highest BCUT2D eigenvalue weighted by molar-refractivity contribution is 5.28. The van der Waals surface area contributed by atoms with Crippen molar-refractivity contribution in [3.05, 3.63) is 29.8 Å². The van der Waals surface area contributed by atoms with E-state index < -0.39 is 37.3 Å². The van der Waals surface area contributed by atoms with Gasteiger partial charge in [-0.3, -0.25) is 0 Å². The Morgan fingerprint density at radius 2 is 1.90 bits per heavy atom. The molecule has 0 bridgehead atoms. The van der Waals surface area contributed by atoms with Gasteiger partial charge in [-0.1, -0.05) is 19.1 Å². The van der Waals surface area contributed by atoms with E-state index in [9.17, 15) is 15.3 Å². The van der Waals surface area contributed by atoms with Crippen LogP contribution in [0.2, 0.25) is 0 Å². The molecule has 2 rings (SSSR count). The molecule has 0 aromatic heterocycles. The zero-order chi connectivity index (χ0) is 14.7. The summed E-state index contributed by atoms with van der Waals surface area (Å²) in [6, 6.07) is 7.28. The van der Waals surface area contributed by atoms with E-state index in [1.807, 2.05) is 19.1 Å². The molecule has 0 saturated carbocycles. The number of benzene rings is 1. The topological polar surface area (TPSA) is 99.4 Å². The molecule has 1 saturated heterocycles. The van der Waals surface area contributed by atoms with Crippen LogP contribution < -0.4 is 4.74 Å². The fourth-order valence-electron chi connectivity index (χ4n) is 2.14. The summed E-state index contributed by atoms with van der Waals surface area (Å²) in [6.07, 6.45) is -5.47. The van der Waals surface area contributed by atoms with Crippen LogP contribution in [0.15, 0.2) is 24.3 Å². The first-order valence-electron chi connectivity index (χ1n) is 6.63. The highest BCUT2D eigenvalue weighted by Crippen LogP contribution is 2.24. The predicted molar refractivity (Wildman–Crippen MR) is 70.2 cm³/mol. The minimum Gasteiger partial charge on any atom is -0.462 e. The minimum absolute atomic E-state index is 0.472. The molecule has 1 fully saturated rings.